The van der Waals surface area contributed by atoms with Gasteiger partial charge in [0, 0.05) is 58.7 Å². The fraction of sp³-hybridized carbons (Fsp3) is 0.833. The first-order chi connectivity index (χ1) is 11.7. The van der Waals surface area contributed by atoms with Crippen molar-refractivity contribution in [2.45, 2.75) is 32.5 Å². The zero-order valence-corrected chi connectivity index (χ0v) is 19.1. The predicted octanol–water partition coefficient (Wildman–Crippen LogP) is 0.351. The van der Waals surface area contributed by atoms with Crippen molar-refractivity contribution in [3.8, 4) is 0 Å². The standard InChI is InChI=1S/C9H21N3.C5H12O2.C4H6N2.Ru/c1-10-4-6-11(2)8-9-12(3)7-5-10;1-4(6)3-5(2)7;1-6-3-2-5-4-6;/h4-9H2,1-3H3;4-7H,3H2,1-2H3;2-4H,1H3;/q;;;+3. The van der Waals surface area contributed by atoms with E-state index in [1.165, 1.54) is 39.3 Å². The molecule has 7 nitrogen and oxygen atoms in total. The van der Waals surface area contributed by atoms with Crippen LogP contribution in [0.15, 0.2) is 18.7 Å². The van der Waals surface area contributed by atoms with Gasteiger partial charge in [-0.3, -0.25) is 0 Å². The monoisotopic (exact) mass is 459 g/mol. The number of rotatable bonds is 2. The van der Waals surface area contributed by atoms with Gasteiger partial charge < -0.3 is 29.5 Å². The molecule has 0 saturated carbocycles. The predicted molar refractivity (Wildman–Crippen MR) is 104 cm³/mol. The Morgan fingerprint density at radius 2 is 1.15 bits per heavy atom. The van der Waals surface area contributed by atoms with Crippen molar-refractivity contribution in [1.29, 1.82) is 0 Å². The van der Waals surface area contributed by atoms with Gasteiger partial charge in [0.2, 0.25) is 0 Å². The van der Waals surface area contributed by atoms with E-state index in [1.54, 1.807) is 26.4 Å². The second-order valence-electron chi connectivity index (χ2n) is 7.07. The first kappa shape index (κ1) is 27.8. The number of hydrogen-bond donors (Lipinski definition) is 2. The molecule has 0 spiro atoms. The summed E-state index contributed by atoms with van der Waals surface area (Å²) >= 11 is 0. The van der Waals surface area contributed by atoms with E-state index < -0.39 is 0 Å². The first-order valence-electron chi connectivity index (χ1n) is 9.04. The molecule has 2 heterocycles. The van der Waals surface area contributed by atoms with Gasteiger partial charge in [0.15, 0.2) is 0 Å². The van der Waals surface area contributed by atoms with Crippen LogP contribution in [0.4, 0.5) is 0 Å². The topological polar surface area (TPSA) is 68.0 Å². The smallest absolute Gasteiger partial charge is 0.393 e. The van der Waals surface area contributed by atoms with Crippen LogP contribution in [0.1, 0.15) is 20.3 Å². The molecule has 26 heavy (non-hydrogen) atoms. The van der Waals surface area contributed by atoms with Crippen LogP contribution in [0.2, 0.25) is 0 Å². The molecule has 2 rings (SSSR count). The molecule has 1 aliphatic heterocycles. The van der Waals surface area contributed by atoms with E-state index in [9.17, 15) is 0 Å². The molecule has 0 aromatic carbocycles. The van der Waals surface area contributed by atoms with E-state index >= 15 is 0 Å². The van der Waals surface area contributed by atoms with E-state index in [2.05, 4.69) is 40.8 Å². The van der Waals surface area contributed by atoms with E-state index in [0.29, 0.717) is 6.42 Å². The number of aryl methyl sites for hydroxylation is 1. The van der Waals surface area contributed by atoms with Crippen LogP contribution in [0.25, 0.3) is 0 Å². The molecule has 153 valence electrons. The third kappa shape index (κ3) is 18.4. The van der Waals surface area contributed by atoms with Gasteiger partial charge in [-0.15, -0.1) is 0 Å². The van der Waals surface area contributed by atoms with Gasteiger partial charge in [0.25, 0.3) is 0 Å². The van der Waals surface area contributed by atoms with Crippen molar-refractivity contribution in [2.24, 2.45) is 7.05 Å². The van der Waals surface area contributed by atoms with Gasteiger partial charge in [-0.25, -0.2) is 4.98 Å². The molecule has 2 N–H and O–H groups in total. The van der Waals surface area contributed by atoms with Gasteiger partial charge in [-0.2, -0.15) is 0 Å². The van der Waals surface area contributed by atoms with Crippen LogP contribution in [0.3, 0.4) is 0 Å². The first-order valence-corrected chi connectivity index (χ1v) is 9.04. The largest absolute Gasteiger partial charge is 3.00 e. The van der Waals surface area contributed by atoms with Crippen molar-refractivity contribution in [3.05, 3.63) is 18.7 Å². The molecule has 8 heteroatoms. The van der Waals surface area contributed by atoms with E-state index in [-0.39, 0.29) is 31.7 Å². The Kier molecular flexibility index (Phi) is 18.0. The van der Waals surface area contributed by atoms with Crippen LogP contribution >= 0.6 is 0 Å². The number of aromatic nitrogens is 2. The van der Waals surface area contributed by atoms with E-state index in [0.717, 1.165) is 0 Å². The quantitative estimate of drug-likeness (QED) is 0.624. The van der Waals surface area contributed by atoms with Crippen LogP contribution in [0, 0.1) is 0 Å². The van der Waals surface area contributed by atoms with Crippen molar-refractivity contribution in [1.82, 2.24) is 24.3 Å². The molecule has 2 unspecified atom stereocenters. The number of likely N-dealkylation sites (N-methyl/N-ethyl adjacent to an activating group) is 3. The van der Waals surface area contributed by atoms with Crippen molar-refractivity contribution in [3.63, 3.8) is 0 Å². The molecule has 1 radical (unpaired) electrons. The molecule has 1 saturated heterocycles. The van der Waals surface area contributed by atoms with Crippen LogP contribution in [-0.2, 0) is 26.5 Å². The fourth-order valence-electron chi connectivity index (χ4n) is 2.18. The average Bonchev–Trinajstić information content (AvgIpc) is 3.00. The maximum absolute atomic E-state index is 8.56. The van der Waals surface area contributed by atoms with E-state index in [4.69, 9.17) is 10.2 Å². The molecule has 0 amide bonds. The van der Waals surface area contributed by atoms with Crippen molar-refractivity contribution in [2.75, 3.05) is 60.4 Å². The summed E-state index contributed by atoms with van der Waals surface area (Å²) in [4.78, 5) is 11.0. The number of hydrogen-bond acceptors (Lipinski definition) is 6. The van der Waals surface area contributed by atoms with Gasteiger partial charge in [0.1, 0.15) is 0 Å². The summed E-state index contributed by atoms with van der Waals surface area (Å²) in [7, 11) is 8.54. The normalized spacial score (nSPS) is 19.2. The number of aliphatic hydroxyl groups is 2. The molecule has 1 aromatic rings. The van der Waals surface area contributed by atoms with Crippen LogP contribution in [0.5, 0.6) is 0 Å². The molecule has 0 aliphatic carbocycles. The van der Waals surface area contributed by atoms with Crippen LogP contribution in [-0.4, -0.2) is 107 Å². The average molecular weight is 459 g/mol. The maximum atomic E-state index is 8.56. The molecular formula is C18H39N5O2Ru+3. The Morgan fingerprint density at radius 3 is 1.27 bits per heavy atom. The molecule has 1 fully saturated rings. The second-order valence-corrected chi connectivity index (χ2v) is 7.07. The second kappa shape index (κ2) is 16.8. The Morgan fingerprint density at radius 1 is 0.808 bits per heavy atom. The zero-order chi connectivity index (χ0) is 19.2. The maximum Gasteiger partial charge on any atom is 3.00 e. The number of imidazole rings is 1. The van der Waals surface area contributed by atoms with Crippen molar-refractivity contribution >= 4 is 0 Å². The summed E-state index contributed by atoms with van der Waals surface area (Å²) in [5.74, 6) is 0. The summed E-state index contributed by atoms with van der Waals surface area (Å²) in [6.07, 6.45) is 5.11. The van der Waals surface area contributed by atoms with Crippen molar-refractivity contribution < 1.29 is 29.7 Å². The Labute approximate surface area is 172 Å². The minimum atomic E-state index is -0.375. The summed E-state index contributed by atoms with van der Waals surface area (Å²) in [6.45, 7) is 10.5. The zero-order valence-electron chi connectivity index (χ0n) is 17.3. The third-order valence-corrected chi connectivity index (χ3v) is 3.91. The Hall–Kier alpha value is -0.367. The van der Waals surface area contributed by atoms with Gasteiger partial charge in [0.05, 0.1) is 18.5 Å². The summed E-state index contributed by atoms with van der Waals surface area (Å²) in [6, 6.07) is 0. The summed E-state index contributed by atoms with van der Waals surface area (Å²) in [5, 5.41) is 17.1. The minimum Gasteiger partial charge on any atom is -0.393 e. The summed E-state index contributed by atoms with van der Waals surface area (Å²) < 4.78 is 1.89. The SMILES string of the molecule is CC(O)CC(C)O.CN1CCN(C)CCN(C)CC1.Cn1ccnc1.[Ru+3]. The number of nitrogens with zero attached hydrogens (tertiary/aromatic N) is 5. The minimum absolute atomic E-state index is 0. The van der Waals surface area contributed by atoms with Gasteiger partial charge in [-0.05, 0) is 41.4 Å². The molecule has 2 atom stereocenters. The molecular weight excluding hydrogens is 419 g/mol. The fourth-order valence-corrected chi connectivity index (χ4v) is 2.18. The van der Waals surface area contributed by atoms with Crippen LogP contribution < -0.4 is 0 Å². The van der Waals surface area contributed by atoms with Gasteiger partial charge in [-0.1, -0.05) is 0 Å². The summed E-state index contributed by atoms with van der Waals surface area (Å²) in [5.41, 5.74) is 0. The van der Waals surface area contributed by atoms with Gasteiger partial charge >= 0.3 is 19.5 Å². The molecule has 1 aliphatic rings. The Balaban J connectivity index is 0. The Bertz CT molecular complexity index is 363. The molecule has 1 aromatic heterocycles. The third-order valence-electron chi connectivity index (χ3n) is 3.91. The van der Waals surface area contributed by atoms with E-state index in [1.807, 2.05) is 17.8 Å². The number of aliphatic hydroxyl groups excluding tert-OH is 2. The molecule has 0 bridgehead atoms.